The lowest BCUT2D eigenvalue weighted by molar-refractivity contribution is 0.345. The third-order valence-corrected chi connectivity index (χ3v) is 5.72. The summed E-state index contributed by atoms with van der Waals surface area (Å²) in [5.74, 6) is 0.635. The molecule has 4 nitrogen and oxygen atoms in total. The normalized spacial score (nSPS) is 13.3. The average molecular weight is 419 g/mol. The minimum Gasteiger partial charge on any atom is -0.405 e. The summed E-state index contributed by atoms with van der Waals surface area (Å²) in [6.07, 6.45) is 4.56. The Morgan fingerprint density at radius 1 is 1.03 bits per heavy atom. The van der Waals surface area contributed by atoms with E-state index in [0.29, 0.717) is 24.3 Å². The van der Waals surface area contributed by atoms with Crippen molar-refractivity contribution < 1.29 is 18.0 Å². The molecule has 0 aromatic heterocycles. The average Bonchev–Trinajstić information content (AvgIpc) is 2.68. The molecule has 1 N–H and O–H groups in total. The highest BCUT2D eigenvalue weighted by atomic mass is 31.2. The summed E-state index contributed by atoms with van der Waals surface area (Å²) in [4.78, 5) is 0. The van der Waals surface area contributed by atoms with Crippen molar-refractivity contribution in [3.8, 4) is 11.5 Å². The van der Waals surface area contributed by atoms with Crippen LogP contribution < -0.4 is 14.1 Å². The SMILES string of the molecule is CCCC/C=C(\F)[C@H](CC(C)C)NP(=O)(Oc1ccccc1)Oc1ccccc1. The van der Waals surface area contributed by atoms with Gasteiger partial charge in [0.15, 0.2) is 0 Å². The summed E-state index contributed by atoms with van der Waals surface area (Å²) in [6, 6.07) is 16.8. The van der Waals surface area contributed by atoms with E-state index in [2.05, 4.69) is 12.0 Å². The minimum atomic E-state index is -3.90. The second-order valence-corrected chi connectivity index (χ2v) is 8.97. The van der Waals surface area contributed by atoms with Crippen molar-refractivity contribution in [3.05, 3.63) is 72.6 Å². The van der Waals surface area contributed by atoms with Crippen LogP contribution in [-0.4, -0.2) is 6.04 Å². The van der Waals surface area contributed by atoms with E-state index < -0.39 is 13.8 Å². The molecule has 0 bridgehead atoms. The molecule has 2 rings (SSSR count). The Morgan fingerprint density at radius 2 is 1.55 bits per heavy atom. The fourth-order valence-electron chi connectivity index (χ4n) is 2.79. The molecule has 0 spiro atoms. The minimum absolute atomic E-state index is 0.194. The number of hydrogen-bond acceptors (Lipinski definition) is 3. The summed E-state index contributed by atoms with van der Waals surface area (Å²) < 4.78 is 40.0. The van der Waals surface area contributed by atoms with E-state index >= 15 is 0 Å². The van der Waals surface area contributed by atoms with Crippen molar-refractivity contribution in [2.45, 2.75) is 52.5 Å². The fraction of sp³-hybridized carbons (Fsp3) is 0.391. The summed E-state index contributed by atoms with van der Waals surface area (Å²) in [5.41, 5.74) is 0. The molecule has 2 aromatic carbocycles. The standard InChI is InChI=1S/C23H31FNO3P/c1-4-5-8-17-22(24)23(18-19(2)3)25-29(26,27-20-13-9-6-10-14-20)28-21-15-11-7-12-16-21/h6-7,9-17,19,23H,4-5,8,18H2,1-3H3,(H,25,26)/b22-17-/t23-/m0/s1. The van der Waals surface area contributed by atoms with Crippen molar-refractivity contribution in [1.29, 1.82) is 0 Å². The smallest absolute Gasteiger partial charge is 0.405 e. The Labute approximate surface area is 173 Å². The highest BCUT2D eigenvalue weighted by Gasteiger charge is 2.34. The zero-order valence-corrected chi connectivity index (χ0v) is 18.3. The van der Waals surface area contributed by atoms with Crippen LogP contribution in [-0.2, 0) is 4.57 Å². The maximum absolute atomic E-state index is 14.9. The highest BCUT2D eigenvalue weighted by Crippen LogP contribution is 2.46. The highest BCUT2D eigenvalue weighted by molar-refractivity contribution is 7.52. The van der Waals surface area contributed by atoms with Gasteiger partial charge in [-0.3, -0.25) is 0 Å². The fourth-order valence-corrected chi connectivity index (χ4v) is 4.34. The molecule has 0 saturated heterocycles. The molecular weight excluding hydrogens is 388 g/mol. The van der Waals surface area contributed by atoms with E-state index in [4.69, 9.17) is 9.05 Å². The monoisotopic (exact) mass is 419 g/mol. The third-order valence-electron chi connectivity index (χ3n) is 4.19. The zero-order valence-electron chi connectivity index (χ0n) is 17.4. The van der Waals surface area contributed by atoms with Crippen LogP contribution in [0, 0.1) is 5.92 Å². The number of halogens is 1. The first-order valence-corrected chi connectivity index (χ1v) is 11.7. The van der Waals surface area contributed by atoms with Crippen LogP contribution in [0.1, 0.15) is 46.5 Å². The van der Waals surface area contributed by atoms with Gasteiger partial charge in [-0.25, -0.2) is 8.96 Å². The molecule has 0 unspecified atom stereocenters. The second-order valence-electron chi connectivity index (χ2n) is 7.35. The summed E-state index contributed by atoms with van der Waals surface area (Å²) in [5, 5.41) is 2.85. The Hall–Kier alpha value is -2.10. The van der Waals surface area contributed by atoms with Crippen LogP contribution >= 0.6 is 7.75 Å². The Morgan fingerprint density at radius 3 is 2.00 bits per heavy atom. The molecule has 158 valence electrons. The molecular formula is C23H31FNO3P. The van der Waals surface area contributed by atoms with Crippen molar-refractivity contribution in [3.63, 3.8) is 0 Å². The number of para-hydroxylation sites is 2. The molecule has 1 atom stereocenters. The maximum atomic E-state index is 14.9. The summed E-state index contributed by atoms with van der Waals surface area (Å²) >= 11 is 0. The Bertz CT molecular complexity index is 751. The topological polar surface area (TPSA) is 47.6 Å². The number of benzene rings is 2. The molecule has 0 aliphatic carbocycles. The number of nitrogens with one attached hydrogen (secondary N) is 1. The summed E-state index contributed by atoms with van der Waals surface area (Å²) in [6.45, 7) is 6.05. The van der Waals surface area contributed by atoms with Gasteiger partial charge >= 0.3 is 7.75 Å². The lowest BCUT2D eigenvalue weighted by Crippen LogP contribution is -2.32. The molecule has 0 aliphatic heterocycles. The van der Waals surface area contributed by atoms with Crippen LogP contribution in [0.15, 0.2) is 72.6 Å². The van der Waals surface area contributed by atoms with E-state index in [1.54, 1.807) is 54.6 Å². The quantitative estimate of drug-likeness (QED) is 0.290. The Kier molecular flexibility index (Phi) is 9.43. The van der Waals surface area contributed by atoms with Crippen LogP contribution in [0.5, 0.6) is 11.5 Å². The van der Waals surface area contributed by atoms with Gasteiger partial charge in [0.2, 0.25) is 0 Å². The Balaban J connectivity index is 2.28. The van der Waals surface area contributed by atoms with Gasteiger partial charge in [-0.2, -0.15) is 5.09 Å². The first-order valence-electron chi connectivity index (χ1n) is 10.1. The third kappa shape index (κ3) is 8.43. The lowest BCUT2D eigenvalue weighted by atomic mass is 10.0. The first-order chi connectivity index (χ1) is 13.9. The number of hydrogen-bond donors (Lipinski definition) is 1. The molecule has 0 saturated carbocycles. The number of rotatable bonds is 12. The predicted octanol–water partition coefficient (Wildman–Crippen LogP) is 7.30. The van der Waals surface area contributed by atoms with Crippen LogP contribution in [0.25, 0.3) is 0 Å². The molecule has 0 amide bonds. The maximum Gasteiger partial charge on any atom is 0.513 e. The van der Waals surface area contributed by atoms with Crippen molar-refractivity contribution in [1.82, 2.24) is 5.09 Å². The van der Waals surface area contributed by atoms with E-state index in [1.807, 2.05) is 26.0 Å². The largest absolute Gasteiger partial charge is 0.513 e. The molecule has 2 aromatic rings. The number of unbranched alkanes of at least 4 members (excludes halogenated alkanes) is 2. The number of allylic oxidation sites excluding steroid dienone is 1. The van der Waals surface area contributed by atoms with Gasteiger partial charge in [0, 0.05) is 0 Å². The molecule has 0 fully saturated rings. The zero-order chi connectivity index (χ0) is 21.1. The van der Waals surface area contributed by atoms with Crippen LogP contribution in [0.3, 0.4) is 0 Å². The van der Waals surface area contributed by atoms with Crippen molar-refractivity contribution >= 4 is 7.75 Å². The van der Waals surface area contributed by atoms with Crippen LogP contribution in [0.2, 0.25) is 0 Å². The van der Waals surface area contributed by atoms with Gasteiger partial charge in [0.25, 0.3) is 0 Å². The summed E-state index contributed by atoms with van der Waals surface area (Å²) in [7, 11) is -3.90. The van der Waals surface area contributed by atoms with Gasteiger partial charge in [-0.15, -0.1) is 0 Å². The molecule has 0 heterocycles. The van der Waals surface area contributed by atoms with E-state index in [-0.39, 0.29) is 11.7 Å². The van der Waals surface area contributed by atoms with Crippen molar-refractivity contribution in [2.75, 3.05) is 0 Å². The molecule has 0 radical (unpaired) electrons. The van der Waals surface area contributed by atoms with Gasteiger partial charge in [-0.1, -0.05) is 69.7 Å². The predicted molar refractivity (Wildman–Crippen MR) is 117 cm³/mol. The van der Waals surface area contributed by atoms with E-state index in [1.165, 1.54) is 0 Å². The second kappa shape index (κ2) is 11.8. The van der Waals surface area contributed by atoms with Crippen molar-refractivity contribution in [2.24, 2.45) is 5.92 Å². The van der Waals surface area contributed by atoms with Gasteiger partial charge in [-0.05, 0) is 49.4 Å². The van der Waals surface area contributed by atoms with Gasteiger partial charge in [0.05, 0.1) is 6.04 Å². The molecule has 29 heavy (non-hydrogen) atoms. The molecule has 6 heteroatoms. The lowest BCUT2D eigenvalue weighted by Gasteiger charge is -2.26. The van der Waals surface area contributed by atoms with E-state index in [0.717, 1.165) is 12.8 Å². The van der Waals surface area contributed by atoms with Gasteiger partial charge in [0.1, 0.15) is 17.3 Å². The van der Waals surface area contributed by atoms with E-state index in [9.17, 15) is 8.96 Å². The van der Waals surface area contributed by atoms with Crippen LogP contribution in [0.4, 0.5) is 4.39 Å². The first kappa shape index (κ1) is 23.2. The molecule has 0 aliphatic rings. The van der Waals surface area contributed by atoms with Gasteiger partial charge < -0.3 is 9.05 Å².